The molecule has 7 nitrogen and oxygen atoms in total. The Hall–Kier alpha value is -2.30. The number of urea groups is 1. The summed E-state index contributed by atoms with van der Waals surface area (Å²) in [5, 5.41) is 9.12. The fourth-order valence-electron chi connectivity index (χ4n) is 1.13. The first kappa shape index (κ1) is 14.1. The highest BCUT2D eigenvalue weighted by Crippen LogP contribution is 2.32. The molecule has 11 heteroatoms. The van der Waals surface area contributed by atoms with Crippen LogP contribution in [0.25, 0.3) is 0 Å². The highest BCUT2D eigenvalue weighted by atomic mass is 32.1. The van der Waals surface area contributed by atoms with Gasteiger partial charge in [0.05, 0.1) is 0 Å². The van der Waals surface area contributed by atoms with Gasteiger partial charge in [0.25, 0.3) is 0 Å². The average Bonchev–Trinajstić information content (AvgIpc) is 2.76. The molecule has 0 fully saturated rings. The summed E-state index contributed by atoms with van der Waals surface area (Å²) in [7, 11) is 0. The average molecular weight is 304 g/mol. The quantitative estimate of drug-likeness (QED) is 0.888. The number of amides is 2. The zero-order valence-electron chi connectivity index (χ0n) is 9.89. The van der Waals surface area contributed by atoms with Gasteiger partial charge in [-0.05, 0) is 13.0 Å². The van der Waals surface area contributed by atoms with Crippen molar-refractivity contribution in [3.05, 3.63) is 23.0 Å². The minimum Gasteiger partial charge on any atom is -0.282 e. The van der Waals surface area contributed by atoms with Crippen LogP contribution >= 0.6 is 11.3 Å². The van der Waals surface area contributed by atoms with Crippen molar-refractivity contribution < 1.29 is 18.0 Å². The monoisotopic (exact) mass is 304 g/mol. The van der Waals surface area contributed by atoms with Gasteiger partial charge in [-0.25, -0.2) is 14.8 Å². The second kappa shape index (κ2) is 5.36. The molecule has 0 saturated heterocycles. The third kappa shape index (κ3) is 3.60. The summed E-state index contributed by atoms with van der Waals surface area (Å²) in [4.78, 5) is 19.2. The van der Waals surface area contributed by atoms with Crippen molar-refractivity contribution in [3.63, 3.8) is 0 Å². The number of carbonyl (C=O) groups is 1. The van der Waals surface area contributed by atoms with Gasteiger partial charge in [0.2, 0.25) is 16.1 Å². The van der Waals surface area contributed by atoms with Gasteiger partial charge in [-0.2, -0.15) is 13.2 Å². The Kier molecular flexibility index (Phi) is 3.79. The van der Waals surface area contributed by atoms with E-state index in [-0.39, 0.29) is 22.4 Å². The number of alkyl halides is 3. The van der Waals surface area contributed by atoms with Crippen molar-refractivity contribution in [2.75, 3.05) is 10.6 Å². The highest BCUT2D eigenvalue weighted by Gasteiger charge is 2.35. The van der Waals surface area contributed by atoms with Crippen LogP contribution in [0.1, 0.15) is 10.7 Å². The Morgan fingerprint density at radius 1 is 1.30 bits per heavy atom. The molecule has 0 aliphatic heterocycles. The maximum atomic E-state index is 12.3. The van der Waals surface area contributed by atoms with Crippen LogP contribution in [-0.2, 0) is 6.18 Å². The van der Waals surface area contributed by atoms with Crippen LogP contribution < -0.4 is 10.6 Å². The number of hydrogen-bond acceptors (Lipinski definition) is 6. The van der Waals surface area contributed by atoms with Gasteiger partial charge in [0, 0.05) is 11.9 Å². The molecule has 2 aromatic heterocycles. The van der Waals surface area contributed by atoms with E-state index in [9.17, 15) is 18.0 Å². The lowest BCUT2D eigenvalue weighted by atomic mass is 10.5. The molecule has 2 amide bonds. The smallest absolute Gasteiger partial charge is 0.282 e. The van der Waals surface area contributed by atoms with Crippen molar-refractivity contribution in [2.45, 2.75) is 13.1 Å². The predicted octanol–water partition coefficient (Wildman–Crippen LogP) is 2.30. The molecule has 0 aliphatic rings. The molecular weight excluding hydrogens is 297 g/mol. The number of aromatic nitrogens is 4. The van der Waals surface area contributed by atoms with Gasteiger partial charge in [-0.1, -0.05) is 11.3 Å². The van der Waals surface area contributed by atoms with E-state index in [0.29, 0.717) is 5.69 Å². The van der Waals surface area contributed by atoms with Crippen LogP contribution in [0.3, 0.4) is 0 Å². The molecule has 0 atom stereocenters. The maximum absolute atomic E-state index is 12.3. The Morgan fingerprint density at radius 2 is 2.05 bits per heavy atom. The second-order valence-corrected chi connectivity index (χ2v) is 4.49. The first-order valence-corrected chi connectivity index (χ1v) is 5.94. The number of nitrogens with zero attached hydrogens (tertiary/aromatic N) is 4. The molecule has 2 aromatic rings. The fraction of sp³-hybridized carbons (Fsp3) is 0.222. The van der Waals surface area contributed by atoms with Crippen LogP contribution in [0.2, 0.25) is 0 Å². The number of hydrogen-bond donors (Lipinski definition) is 2. The van der Waals surface area contributed by atoms with Crippen molar-refractivity contribution in [1.29, 1.82) is 0 Å². The van der Waals surface area contributed by atoms with Gasteiger partial charge < -0.3 is 0 Å². The van der Waals surface area contributed by atoms with Gasteiger partial charge in [-0.3, -0.25) is 10.6 Å². The van der Waals surface area contributed by atoms with E-state index in [1.54, 1.807) is 13.0 Å². The third-order valence-electron chi connectivity index (χ3n) is 1.91. The molecule has 2 N–H and O–H groups in total. The standard InChI is InChI=1S/C9H7F3N6OS/c1-4-2-3-13-6(14-4)15-7(19)16-8-18-17-5(20-8)9(10,11)12/h2-3H,1H3,(H2,13,14,15,16,18,19). The van der Waals surface area contributed by atoms with E-state index in [1.165, 1.54) is 6.20 Å². The Balaban J connectivity index is 2.00. The van der Waals surface area contributed by atoms with Crippen LogP contribution in [0.4, 0.5) is 29.0 Å². The number of anilines is 2. The van der Waals surface area contributed by atoms with Gasteiger partial charge in [0.1, 0.15) is 0 Å². The fourth-order valence-corrected chi connectivity index (χ4v) is 1.73. The van der Waals surface area contributed by atoms with E-state index < -0.39 is 17.2 Å². The number of carbonyl (C=O) groups excluding carboxylic acids is 1. The number of halogens is 3. The summed E-state index contributed by atoms with van der Waals surface area (Å²) in [6, 6.07) is 0.823. The molecule has 20 heavy (non-hydrogen) atoms. The van der Waals surface area contributed by atoms with Crippen LogP contribution in [-0.4, -0.2) is 26.2 Å². The summed E-state index contributed by atoms with van der Waals surface area (Å²) in [6.07, 6.45) is -3.15. The first-order valence-electron chi connectivity index (χ1n) is 5.13. The number of nitrogens with one attached hydrogen (secondary N) is 2. The second-order valence-electron chi connectivity index (χ2n) is 3.51. The first-order chi connectivity index (χ1) is 9.34. The Labute approximate surface area is 114 Å². The van der Waals surface area contributed by atoms with Crippen molar-refractivity contribution >= 4 is 28.4 Å². The molecule has 2 heterocycles. The van der Waals surface area contributed by atoms with E-state index in [2.05, 4.69) is 30.8 Å². The largest absolute Gasteiger partial charge is 0.445 e. The minimum atomic E-state index is -4.59. The predicted molar refractivity (Wildman–Crippen MR) is 64.3 cm³/mol. The molecule has 0 aliphatic carbocycles. The van der Waals surface area contributed by atoms with Gasteiger partial charge in [-0.15, -0.1) is 10.2 Å². The lowest BCUT2D eigenvalue weighted by molar-refractivity contribution is -0.138. The lowest BCUT2D eigenvalue weighted by Gasteiger charge is -2.03. The molecule has 0 unspecified atom stereocenters. The molecule has 0 radical (unpaired) electrons. The summed E-state index contributed by atoms with van der Waals surface area (Å²) >= 11 is 0.222. The molecule has 0 aromatic carbocycles. The van der Waals surface area contributed by atoms with Gasteiger partial charge in [0.15, 0.2) is 0 Å². The lowest BCUT2D eigenvalue weighted by Crippen LogP contribution is -2.20. The molecule has 2 rings (SSSR count). The van der Waals surface area contributed by atoms with Crippen LogP contribution in [0, 0.1) is 6.92 Å². The Bertz CT molecular complexity index is 628. The molecule has 0 spiro atoms. The third-order valence-corrected chi connectivity index (χ3v) is 2.79. The Morgan fingerprint density at radius 3 is 2.65 bits per heavy atom. The molecular formula is C9H7F3N6OS. The van der Waals surface area contributed by atoms with E-state index >= 15 is 0 Å². The maximum Gasteiger partial charge on any atom is 0.445 e. The summed E-state index contributed by atoms with van der Waals surface area (Å²) in [6.45, 7) is 1.70. The van der Waals surface area contributed by atoms with Crippen molar-refractivity contribution in [1.82, 2.24) is 20.2 Å². The van der Waals surface area contributed by atoms with E-state index in [0.717, 1.165) is 0 Å². The number of rotatable bonds is 2. The summed E-state index contributed by atoms with van der Waals surface area (Å²) < 4.78 is 36.9. The number of aryl methyl sites for hydroxylation is 1. The van der Waals surface area contributed by atoms with Gasteiger partial charge >= 0.3 is 12.2 Å². The molecule has 0 saturated carbocycles. The molecule has 106 valence electrons. The minimum absolute atomic E-state index is 0.0306. The van der Waals surface area contributed by atoms with E-state index in [1.807, 2.05) is 0 Å². The van der Waals surface area contributed by atoms with E-state index in [4.69, 9.17) is 0 Å². The van der Waals surface area contributed by atoms with Crippen molar-refractivity contribution in [2.24, 2.45) is 0 Å². The normalized spacial score (nSPS) is 11.2. The highest BCUT2D eigenvalue weighted by molar-refractivity contribution is 7.15. The zero-order valence-corrected chi connectivity index (χ0v) is 10.7. The van der Waals surface area contributed by atoms with Crippen LogP contribution in [0.15, 0.2) is 12.3 Å². The summed E-state index contributed by atoms with van der Waals surface area (Å²) in [5.74, 6) is 0.0306. The van der Waals surface area contributed by atoms with Crippen molar-refractivity contribution in [3.8, 4) is 0 Å². The van der Waals surface area contributed by atoms with Crippen LogP contribution in [0.5, 0.6) is 0 Å². The molecule has 0 bridgehead atoms. The SMILES string of the molecule is Cc1ccnc(NC(=O)Nc2nnc(C(F)(F)F)s2)n1. The zero-order chi connectivity index (χ0) is 14.8. The summed E-state index contributed by atoms with van der Waals surface area (Å²) in [5.41, 5.74) is 0.630. The topological polar surface area (TPSA) is 92.7 Å².